The van der Waals surface area contributed by atoms with Crippen LogP contribution in [0.1, 0.15) is 86.1 Å². The lowest BCUT2D eigenvalue weighted by atomic mass is 9.76. The molecule has 0 amide bonds. The van der Waals surface area contributed by atoms with E-state index in [-0.39, 0.29) is 18.4 Å². The van der Waals surface area contributed by atoms with E-state index >= 15 is 0 Å². The molecule has 0 bridgehead atoms. The summed E-state index contributed by atoms with van der Waals surface area (Å²) < 4.78 is 12.2. The molecule has 2 aromatic carbocycles. The molecule has 1 heterocycles. The molecule has 5 rings (SSSR count). The maximum atomic E-state index is 11.1. The van der Waals surface area contributed by atoms with Gasteiger partial charge in [0.1, 0.15) is 17.6 Å². The zero-order valence-electron chi connectivity index (χ0n) is 17.8. The normalized spacial score (nSPS) is 26.1. The Bertz CT molecular complexity index is 977. The number of hydrogen-bond acceptors (Lipinski definition) is 3. The Morgan fingerprint density at radius 3 is 2.77 bits per heavy atom. The van der Waals surface area contributed by atoms with Crippen molar-refractivity contribution >= 4 is 5.97 Å². The minimum Gasteiger partial charge on any atom is -0.492 e. The van der Waals surface area contributed by atoms with E-state index < -0.39 is 5.97 Å². The standard InChI is InChI=1S/C26H30O4/c1-26(2)12-4-7-22(26)20-5-3-6-21-19(20)10-11-23(21)30-17-8-9-18-16(13-25(27)28)15-29-24(18)14-17/h3,5-6,8-9,14,16,22-23H,4,7,10-13,15H2,1-2H3,(H,27,28)/t16?,22-,23+/m0/s1. The van der Waals surface area contributed by atoms with E-state index in [1.54, 1.807) is 0 Å². The summed E-state index contributed by atoms with van der Waals surface area (Å²) in [5.41, 5.74) is 5.72. The summed E-state index contributed by atoms with van der Waals surface area (Å²) in [5, 5.41) is 9.09. The smallest absolute Gasteiger partial charge is 0.304 e. The lowest BCUT2D eigenvalue weighted by molar-refractivity contribution is -0.137. The number of fused-ring (bicyclic) bond motifs is 2. The summed E-state index contributed by atoms with van der Waals surface area (Å²) in [7, 11) is 0. The molecule has 158 valence electrons. The summed E-state index contributed by atoms with van der Waals surface area (Å²) in [6.07, 6.45) is 6.15. The Hall–Kier alpha value is -2.49. The van der Waals surface area contributed by atoms with Gasteiger partial charge in [-0.25, -0.2) is 0 Å². The first-order valence-corrected chi connectivity index (χ1v) is 11.2. The second-order valence-electron chi connectivity index (χ2n) is 9.80. The third kappa shape index (κ3) is 3.36. The maximum absolute atomic E-state index is 11.1. The van der Waals surface area contributed by atoms with E-state index in [1.165, 1.54) is 36.0 Å². The minimum atomic E-state index is -0.791. The number of carbonyl (C=O) groups is 1. The van der Waals surface area contributed by atoms with Crippen molar-refractivity contribution in [3.8, 4) is 11.5 Å². The number of hydrogen-bond donors (Lipinski definition) is 1. The van der Waals surface area contributed by atoms with Gasteiger partial charge in [-0.1, -0.05) is 44.5 Å². The molecule has 3 aliphatic rings. The van der Waals surface area contributed by atoms with Gasteiger partial charge < -0.3 is 14.6 Å². The van der Waals surface area contributed by atoms with Crippen molar-refractivity contribution in [3.63, 3.8) is 0 Å². The van der Waals surface area contributed by atoms with Crippen LogP contribution in [-0.4, -0.2) is 17.7 Å². The van der Waals surface area contributed by atoms with Crippen molar-refractivity contribution in [3.05, 3.63) is 58.7 Å². The average Bonchev–Trinajstić information content (AvgIpc) is 3.39. The van der Waals surface area contributed by atoms with Gasteiger partial charge in [-0.05, 0) is 59.8 Å². The van der Waals surface area contributed by atoms with E-state index in [4.69, 9.17) is 14.6 Å². The monoisotopic (exact) mass is 406 g/mol. The molecule has 1 N–H and O–H groups in total. The van der Waals surface area contributed by atoms with E-state index in [0.717, 1.165) is 29.9 Å². The van der Waals surface area contributed by atoms with E-state index in [0.29, 0.717) is 17.9 Å². The SMILES string of the molecule is CC1(C)CCC[C@H]1c1cccc2c1CC[C@H]2Oc1ccc2c(c1)OCC2CC(=O)O. The highest BCUT2D eigenvalue weighted by molar-refractivity contribution is 5.68. The fraction of sp³-hybridized carbons (Fsp3) is 0.500. The van der Waals surface area contributed by atoms with Crippen LogP contribution in [0.4, 0.5) is 0 Å². The first-order valence-electron chi connectivity index (χ1n) is 11.2. The highest BCUT2D eigenvalue weighted by Gasteiger charge is 2.38. The molecule has 1 saturated carbocycles. The number of benzene rings is 2. The molecule has 0 aromatic heterocycles. The third-order valence-corrected chi connectivity index (χ3v) is 7.45. The summed E-state index contributed by atoms with van der Waals surface area (Å²) in [5.74, 6) is 1.34. The second-order valence-corrected chi connectivity index (χ2v) is 9.80. The molecule has 4 nitrogen and oxygen atoms in total. The van der Waals surface area contributed by atoms with E-state index in [1.807, 2.05) is 18.2 Å². The summed E-state index contributed by atoms with van der Waals surface area (Å²) in [4.78, 5) is 11.1. The van der Waals surface area contributed by atoms with Crippen LogP contribution in [0.25, 0.3) is 0 Å². The number of carboxylic acid groups (broad SMARTS) is 1. The van der Waals surface area contributed by atoms with E-state index in [9.17, 15) is 4.79 Å². The van der Waals surface area contributed by atoms with Gasteiger partial charge in [0.25, 0.3) is 0 Å². The molecule has 4 heteroatoms. The van der Waals surface area contributed by atoms with Crippen molar-refractivity contribution in [1.29, 1.82) is 0 Å². The van der Waals surface area contributed by atoms with Crippen LogP contribution < -0.4 is 9.47 Å². The molecule has 1 aliphatic heterocycles. The Balaban J connectivity index is 1.37. The van der Waals surface area contributed by atoms with Crippen LogP contribution in [-0.2, 0) is 11.2 Å². The van der Waals surface area contributed by atoms with Crippen molar-refractivity contribution in [2.45, 2.75) is 70.3 Å². The van der Waals surface area contributed by atoms with Crippen molar-refractivity contribution < 1.29 is 19.4 Å². The number of rotatable bonds is 5. The third-order valence-electron chi connectivity index (χ3n) is 7.45. The Kier molecular flexibility index (Phi) is 4.76. The van der Waals surface area contributed by atoms with Gasteiger partial charge in [0, 0.05) is 17.5 Å². The van der Waals surface area contributed by atoms with Gasteiger partial charge in [-0.15, -0.1) is 0 Å². The van der Waals surface area contributed by atoms with Gasteiger partial charge in [-0.3, -0.25) is 4.79 Å². The first kappa shape index (κ1) is 19.5. The number of carboxylic acids is 1. The fourth-order valence-electron chi connectivity index (χ4n) is 5.87. The lowest BCUT2D eigenvalue weighted by Gasteiger charge is -2.29. The van der Waals surface area contributed by atoms with Crippen molar-refractivity contribution in [1.82, 2.24) is 0 Å². The fourth-order valence-corrected chi connectivity index (χ4v) is 5.87. The quantitative estimate of drug-likeness (QED) is 0.662. The van der Waals surface area contributed by atoms with Crippen LogP contribution in [0.3, 0.4) is 0 Å². The Morgan fingerprint density at radius 1 is 1.17 bits per heavy atom. The van der Waals surface area contributed by atoms with Crippen molar-refractivity contribution in [2.24, 2.45) is 5.41 Å². The summed E-state index contributed by atoms with van der Waals surface area (Å²) in [6.45, 7) is 5.25. The molecule has 30 heavy (non-hydrogen) atoms. The molecular formula is C26H30O4. The molecule has 1 unspecified atom stereocenters. The van der Waals surface area contributed by atoms with Gasteiger partial charge in [-0.2, -0.15) is 0 Å². The van der Waals surface area contributed by atoms with Gasteiger partial charge in [0.05, 0.1) is 13.0 Å². The van der Waals surface area contributed by atoms with Gasteiger partial charge in [0.15, 0.2) is 0 Å². The minimum absolute atomic E-state index is 0.0683. The molecule has 0 saturated heterocycles. The van der Waals surface area contributed by atoms with Crippen LogP contribution in [0.5, 0.6) is 11.5 Å². The summed E-state index contributed by atoms with van der Waals surface area (Å²) in [6, 6.07) is 12.6. The lowest BCUT2D eigenvalue weighted by Crippen LogP contribution is -2.17. The van der Waals surface area contributed by atoms with Crippen LogP contribution in [0.15, 0.2) is 36.4 Å². The van der Waals surface area contributed by atoms with Crippen LogP contribution in [0.2, 0.25) is 0 Å². The van der Waals surface area contributed by atoms with Crippen LogP contribution >= 0.6 is 0 Å². The molecule has 1 fully saturated rings. The molecule has 0 radical (unpaired) electrons. The average molecular weight is 407 g/mol. The van der Waals surface area contributed by atoms with E-state index in [2.05, 4.69) is 32.0 Å². The topological polar surface area (TPSA) is 55.8 Å². The molecule has 3 atom stereocenters. The number of ether oxygens (including phenoxy) is 2. The second kappa shape index (κ2) is 7.33. The molecule has 2 aliphatic carbocycles. The predicted molar refractivity (Wildman–Crippen MR) is 115 cm³/mol. The molecule has 0 spiro atoms. The van der Waals surface area contributed by atoms with Gasteiger partial charge in [0.2, 0.25) is 0 Å². The van der Waals surface area contributed by atoms with Crippen LogP contribution in [0, 0.1) is 5.41 Å². The first-order chi connectivity index (χ1) is 14.4. The highest BCUT2D eigenvalue weighted by atomic mass is 16.5. The predicted octanol–water partition coefficient (Wildman–Crippen LogP) is 6.00. The molecular weight excluding hydrogens is 376 g/mol. The Labute approximate surface area is 178 Å². The largest absolute Gasteiger partial charge is 0.492 e. The molecule has 2 aromatic rings. The zero-order chi connectivity index (χ0) is 20.9. The Morgan fingerprint density at radius 2 is 2.00 bits per heavy atom. The maximum Gasteiger partial charge on any atom is 0.304 e. The highest BCUT2D eigenvalue weighted by Crippen LogP contribution is 2.51. The number of aliphatic carboxylic acids is 1. The zero-order valence-corrected chi connectivity index (χ0v) is 17.8. The summed E-state index contributed by atoms with van der Waals surface area (Å²) >= 11 is 0. The van der Waals surface area contributed by atoms with Gasteiger partial charge >= 0.3 is 5.97 Å². The van der Waals surface area contributed by atoms with Crippen molar-refractivity contribution in [2.75, 3.05) is 6.61 Å².